The summed E-state index contributed by atoms with van der Waals surface area (Å²) in [7, 11) is 3.08. The first kappa shape index (κ1) is 18.8. The molecule has 144 valence electrons. The molecule has 1 fully saturated rings. The zero-order valence-electron chi connectivity index (χ0n) is 15.5. The summed E-state index contributed by atoms with van der Waals surface area (Å²) in [5, 5.41) is 0. The number of nitrogens with zero attached hydrogens (tertiary/aromatic N) is 2. The average molecular weight is 374 g/mol. The van der Waals surface area contributed by atoms with Gasteiger partial charge in [0.05, 0.1) is 14.2 Å². The van der Waals surface area contributed by atoms with Gasteiger partial charge in [0.15, 0.2) is 18.1 Å². The van der Waals surface area contributed by atoms with Gasteiger partial charge in [-0.15, -0.1) is 0 Å². The Hall–Kier alpha value is -2.96. The summed E-state index contributed by atoms with van der Waals surface area (Å²) in [6, 6.07) is 11.7. The molecular formula is C20H23FN2O4. The lowest BCUT2D eigenvalue weighted by molar-refractivity contribution is -0.133. The van der Waals surface area contributed by atoms with Crippen molar-refractivity contribution in [2.75, 3.05) is 51.9 Å². The van der Waals surface area contributed by atoms with Gasteiger partial charge in [0.1, 0.15) is 5.82 Å². The predicted octanol–water partition coefficient (Wildman–Crippen LogP) is 2.57. The van der Waals surface area contributed by atoms with Crippen LogP contribution in [-0.4, -0.2) is 57.8 Å². The van der Waals surface area contributed by atoms with Crippen LogP contribution in [0.2, 0.25) is 0 Å². The fourth-order valence-electron chi connectivity index (χ4n) is 3.07. The SMILES string of the molecule is COc1cccc(OCC(=O)N2CCN(c3ccc(F)cc3)CC2)c1OC. The molecule has 0 N–H and O–H groups in total. The van der Waals surface area contributed by atoms with E-state index in [0.29, 0.717) is 43.4 Å². The molecule has 2 aromatic carbocycles. The van der Waals surface area contributed by atoms with Crippen LogP contribution >= 0.6 is 0 Å². The van der Waals surface area contributed by atoms with Crippen LogP contribution in [0.15, 0.2) is 42.5 Å². The van der Waals surface area contributed by atoms with Crippen molar-refractivity contribution in [3.8, 4) is 17.2 Å². The van der Waals surface area contributed by atoms with Crippen LogP contribution in [0.5, 0.6) is 17.2 Å². The molecule has 0 unspecified atom stereocenters. The molecule has 7 heteroatoms. The van der Waals surface area contributed by atoms with E-state index in [1.807, 2.05) is 0 Å². The second kappa shape index (κ2) is 8.62. The summed E-state index contributed by atoms with van der Waals surface area (Å²) < 4.78 is 29.2. The number of amides is 1. The highest BCUT2D eigenvalue weighted by molar-refractivity contribution is 5.78. The van der Waals surface area contributed by atoms with E-state index in [4.69, 9.17) is 14.2 Å². The van der Waals surface area contributed by atoms with Crippen molar-refractivity contribution in [2.24, 2.45) is 0 Å². The van der Waals surface area contributed by atoms with Crippen molar-refractivity contribution < 1.29 is 23.4 Å². The summed E-state index contributed by atoms with van der Waals surface area (Å²) >= 11 is 0. The van der Waals surface area contributed by atoms with Crippen LogP contribution < -0.4 is 19.1 Å². The Bertz CT molecular complexity index is 774. The highest BCUT2D eigenvalue weighted by Gasteiger charge is 2.22. The molecule has 1 amide bonds. The first-order valence-corrected chi connectivity index (χ1v) is 8.74. The van der Waals surface area contributed by atoms with Crippen molar-refractivity contribution in [2.45, 2.75) is 0 Å². The molecule has 1 heterocycles. The average Bonchev–Trinajstić information content (AvgIpc) is 2.72. The number of piperazine rings is 1. The Morgan fingerprint density at radius 1 is 0.963 bits per heavy atom. The molecule has 0 aromatic heterocycles. The molecule has 0 aliphatic carbocycles. The second-order valence-electron chi connectivity index (χ2n) is 6.12. The smallest absolute Gasteiger partial charge is 0.260 e. The highest BCUT2D eigenvalue weighted by atomic mass is 19.1. The lowest BCUT2D eigenvalue weighted by Crippen LogP contribution is -2.50. The third-order valence-electron chi connectivity index (χ3n) is 4.54. The molecule has 0 radical (unpaired) electrons. The van der Waals surface area contributed by atoms with E-state index < -0.39 is 0 Å². The number of methoxy groups -OCH3 is 2. The zero-order valence-corrected chi connectivity index (χ0v) is 15.5. The molecular weight excluding hydrogens is 351 g/mol. The van der Waals surface area contributed by atoms with Gasteiger partial charge < -0.3 is 24.0 Å². The van der Waals surface area contributed by atoms with Crippen LogP contribution in [0.1, 0.15) is 0 Å². The number of para-hydroxylation sites is 1. The Morgan fingerprint density at radius 3 is 2.26 bits per heavy atom. The van der Waals surface area contributed by atoms with Crippen molar-refractivity contribution in [1.29, 1.82) is 0 Å². The summed E-state index contributed by atoms with van der Waals surface area (Å²) in [6.07, 6.45) is 0. The molecule has 0 spiro atoms. The van der Waals surface area contributed by atoms with E-state index in [1.54, 1.807) is 42.3 Å². The largest absolute Gasteiger partial charge is 0.493 e. The van der Waals surface area contributed by atoms with Gasteiger partial charge in [-0.05, 0) is 36.4 Å². The molecule has 3 rings (SSSR count). The van der Waals surface area contributed by atoms with Gasteiger partial charge in [-0.3, -0.25) is 4.79 Å². The lowest BCUT2D eigenvalue weighted by atomic mass is 10.2. The van der Waals surface area contributed by atoms with Crippen molar-refractivity contribution in [3.63, 3.8) is 0 Å². The molecule has 6 nitrogen and oxygen atoms in total. The monoisotopic (exact) mass is 374 g/mol. The van der Waals surface area contributed by atoms with Crippen molar-refractivity contribution in [3.05, 3.63) is 48.3 Å². The Labute approximate surface area is 158 Å². The van der Waals surface area contributed by atoms with E-state index in [9.17, 15) is 9.18 Å². The highest BCUT2D eigenvalue weighted by Crippen LogP contribution is 2.36. The second-order valence-corrected chi connectivity index (χ2v) is 6.12. The number of ether oxygens (including phenoxy) is 3. The number of carbonyl (C=O) groups is 1. The summed E-state index contributed by atoms with van der Waals surface area (Å²) in [5.41, 5.74) is 0.959. The number of halogens is 1. The quantitative estimate of drug-likeness (QED) is 0.778. The number of hydrogen-bond acceptors (Lipinski definition) is 5. The molecule has 27 heavy (non-hydrogen) atoms. The molecule has 1 aliphatic rings. The number of hydrogen-bond donors (Lipinski definition) is 0. The summed E-state index contributed by atoms with van der Waals surface area (Å²) in [5.74, 6) is 1.15. The first-order valence-electron chi connectivity index (χ1n) is 8.74. The normalized spacial score (nSPS) is 14.0. The minimum absolute atomic E-state index is 0.0694. The van der Waals surface area contributed by atoms with Gasteiger partial charge in [0.25, 0.3) is 5.91 Å². The standard InChI is InChI=1S/C20H23FN2O4/c1-25-17-4-3-5-18(20(17)26-2)27-14-19(24)23-12-10-22(11-13-23)16-8-6-15(21)7-9-16/h3-9H,10-14H2,1-2H3. The first-order chi connectivity index (χ1) is 13.1. The number of benzene rings is 2. The third kappa shape index (κ3) is 4.42. The van der Waals surface area contributed by atoms with Crippen LogP contribution in [0, 0.1) is 5.82 Å². The van der Waals surface area contributed by atoms with Gasteiger partial charge in [0, 0.05) is 31.9 Å². The van der Waals surface area contributed by atoms with Crippen LogP contribution in [0.4, 0.5) is 10.1 Å². The Kier molecular flexibility index (Phi) is 6.01. The van der Waals surface area contributed by atoms with Gasteiger partial charge in [-0.25, -0.2) is 4.39 Å². The van der Waals surface area contributed by atoms with Crippen molar-refractivity contribution in [1.82, 2.24) is 4.90 Å². The Balaban J connectivity index is 1.54. The van der Waals surface area contributed by atoms with Gasteiger partial charge >= 0.3 is 0 Å². The topological polar surface area (TPSA) is 51.2 Å². The minimum atomic E-state index is -0.252. The molecule has 1 aliphatic heterocycles. The molecule has 0 atom stereocenters. The fraction of sp³-hybridized carbons (Fsp3) is 0.350. The third-order valence-corrected chi connectivity index (χ3v) is 4.54. The van der Waals surface area contributed by atoms with E-state index in [-0.39, 0.29) is 18.3 Å². The van der Waals surface area contributed by atoms with Gasteiger partial charge in [-0.1, -0.05) is 6.07 Å². The maximum atomic E-state index is 13.0. The van der Waals surface area contributed by atoms with Gasteiger partial charge in [-0.2, -0.15) is 0 Å². The molecule has 0 bridgehead atoms. The number of anilines is 1. The zero-order chi connectivity index (χ0) is 19.2. The van der Waals surface area contributed by atoms with Gasteiger partial charge in [0.2, 0.25) is 5.75 Å². The predicted molar refractivity (Wildman–Crippen MR) is 100 cm³/mol. The van der Waals surface area contributed by atoms with Crippen LogP contribution in [0.25, 0.3) is 0 Å². The van der Waals surface area contributed by atoms with Crippen LogP contribution in [0.3, 0.4) is 0 Å². The fourth-order valence-corrected chi connectivity index (χ4v) is 3.07. The maximum absolute atomic E-state index is 13.0. The molecule has 0 saturated carbocycles. The summed E-state index contributed by atoms with van der Waals surface area (Å²) in [4.78, 5) is 16.4. The van der Waals surface area contributed by atoms with Crippen molar-refractivity contribution >= 4 is 11.6 Å². The van der Waals surface area contributed by atoms with E-state index >= 15 is 0 Å². The van der Waals surface area contributed by atoms with E-state index in [1.165, 1.54) is 19.2 Å². The lowest BCUT2D eigenvalue weighted by Gasteiger charge is -2.36. The van der Waals surface area contributed by atoms with E-state index in [0.717, 1.165) is 5.69 Å². The van der Waals surface area contributed by atoms with Crippen LogP contribution in [-0.2, 0) is 4.79 Å². The number of rotatable bonds is 6. The maximum Gasteiger partial charge on any atom is 0.260 e. The minimum Gasteiger partial charge on any atom is -0.493 e. The van der Waals surface area contributed by atoms with E-state index in [2.05, 4.69) is 4.90 Å². The Morgan fingerprint density at radius 2 is 1.63 bits per heavy atom. The molecule has 2 aromatic rings. The summed E-state index contributed by atoms with van der Waals surface area (Å²) in [6.45, 7) is 2.50. The molecule has 1 saturated heterocycles. The number of carbonyl (C=O) groups excluding carboxylic acids is 1.